The molecule has 82 valence electrons. The van der Waals surface area contributed by atoms with Crippen LogP contribution < -0.4 is 11.5 Å². The topological polar surface area (TPSA) is 78.3 Å². The fraction of sp³-hybridized carbons (Fsp3) is 0.364. The van der Waals surface area contributed by atoms with Gasteiger partial charge < -0.3 is 16.2 Å². The van der Waals surface area contributed by atoms with E-state index in [2.05, 4.69) is 4.74 Å². The minimum Gasteiger partial charge on any atom is -0.468 e. The highest BCUT2D eigenvalue weighted by atomic mass is 16.5. The van der Waals surface area contributed by atoms with Crippen LogP contribution in [0.2, 0.25) is 0 Å². The number of hydrogen-bond acceptors (Lipinski definition) is 4. The van der Waals surface area contributed by atoms with Gasteiger partial charge in [0.2, 0.25) is 0 Å². The predicted octanol–water partition coefficient (Wildman–Crippen LogP) is 0.620. The summed E-state index contributed by atoms with van der Waals surface area (Å²) in [4.78, 5) is 11.1. The molecule has 0 aliphatic rings. The van der Waals surface area contributed by atoms with E-state index in [0.29, 0.717) is 12.1 Å². The van der Waals surface area contributed by atoms with Crippen LogP contribution in [0.25, 0.3) is 0 Å². The van der Waals surface area contributed by atoms with Gasteiger partial charge in [0.15, 0.2) is 0 Å². The average Bonchev–Trinajstić information content (AvgIpc) is 2.22. The summed E-state index contributed by atoms with van der Waals surface area (Å²) in [6, 6.07) is 4.94. The lowest BCUT2D eigenvalue weighted by molar-refractivity contribution is -0.142. The largest absolute Gasteiger partial charge is 0.468 e. The summed E-state index contributed by atoms with van der Waals surface area (Å²) in [5, 5.41) is 0. The molecule has 0 bridgehead atoms. The molecule has 0 heterocycles. The Morgan fingerprint density at radius 2 is 2.20 bits per heavy atom. The van der Waals surface area contributed by atoms with Crippen LogP contribution in [-0.2, 0) is 16.0 Å². The van der Waals surface area contributed by atoms with E-state index in [1.165, 1.54) is 7.11 Å². The maximum absolute atomic E-state index is 11.1. The van der Waals surface area contributed by atoms with Gasteiger partial charge in [-0.1, -0.05) is 6.07 Å². The molecule has 1 aromatic rings. The van der Waals surface area contributed by atoms with Gasteiger partial charge in [0, 0.05) is 5.69 Å². The van der Waals surface area contributed by atoms with Crippen LogP contribution in [0, 0.1) is 6.92 Å². The number of carbonyl (C=O) groups is 1. The monoisotopic (exact) mass is 208 g/mol. The van der Waals surface area contributed by atoms with Crippen molar-refractivity contribution >= 4 is 11.7 Å². The molecule has 15 heavy (non-hydrogen) atoms. The molecule has 0 amide bonds. The summed E-state index contributed by atoms with van der Waals surface area (Å²) in [5.41, 5.74) is 14.0. The molecule has 4 nitrogen and oxygen atoms in total. The second kappa shape index (κ2) is 4.79. The summed E-state index contributed by atoms with van der Waals surface area (Å²) in [6.45, 7) is 1.96. The summed E-state index contributed by atoms with van der Waals surface area (Å²) < 4.78 is 4.56. The van der Waals surface area contributed by atoms with Gasteiger partial charge in [-0.3, -0.25) is 4.79 Å². The third kappa shape index (κ3) is 2.95. The second-order valence-corrected chi connectivity index (χ2v) is 3.52. The molecule has 0 spiro atoms. The van der Waals surface area contributed by atoms with E-state index < -0.39 is 12.0 Å². The van der Waals surface area contributed by atoms with Crippen molar-refractivity contribution in [2.24, 2.45) is 5.73 Å². The lowest BCUT2D eigenvalue weighted by Crippen LogP contribution is -2.33. The zero-order valence-electron chi connectivity index (χ0n) is 8.99. The second-order valence-electron chi connectivity index (χ2n) is 3.52. The highest BCUT2D eigenvalue weighted by molar-refractivity contribution is 5.75. The van der Waals surface area contributed by atoms with Gasteiger partial charge >= 0.3 is 5.97 Å². The minimum atomic E-state index is -0.629. The van der Waals surface area contributed by atoms with Gasteiger partial charge in [0.05, 0.1) is 7.11 Å². The van der Waals surface area contributed by atoms with E-state index in [1.54, 1.807) is 0 Å². The Bertz CT molecular complexity index is 364. The van der Waals surface area contributed by atoms with Crippen LogP contribution in [0.15, 0.2) is 18.2 Å². The summed E-state index contributed by atoms with van der Waals surface area (Å²) in [6.07, 6.45) is 0.448. The van der Waals surface area contributed by atoms with Crippen molar-refractivity contribution in [1.82, 2.24) is 0 Å². The van der Waals surface area contributed by atoms with E-state index in [4.69, 9.17) is 11.5 Å². The van der Waals surface area contributed by atoms with Gasteiger partial charge in [-0.15, -0.1) is 0 Å². The third-order valence-corrected chi connectivity index (χ3v) is 2.32. The number of ether oxygens (including phenoxy) is 1. The first-order chi connectivity index (χ1) is 7.04. The van der Waals surface area contributed by atoms with Gasteiger partial charge in [-0.25, -0.2) is 0 Å². The number of nitrogens with two attached hydrogens (primary N) is 2. The Kier molecular flexibility index (Phi) is 3.68. The van der Waals surface area contributed by atoms with Crippen LogP contribution in [0.5, 0.6) is 0 Å². The molecule has 1 rings (SSSR count). The Morgan fingerprint density at radius 1 is 1.53 bits per heavy atom. The zero-order chi connectivity index (χ0) is 11.4. The molecular weight excluding hydrogens is 192 g/mol. The standard InChI is InChI=1S/C11H16N2O2/c1-7-3-4-9(12)5-8(7)6-10(13)11(14)15-2/h3-5,10H,6,12-13H2,1-2H3/t10-/m0/s1. The number of anilines is 1. The molecule has 1 atom stereocenters. The first-order valence-corrected chi connectivity index (χ1v) is 4.73. The number of rotatable bonds is 3. The first kappa shape index (κ1) is 11.5. The maximum atomic E-state index is 11.1. The fourth-order valence-electron chi connectivity index (χ4n) is 1.38. The summed E-state index contributed by atoms with van der Waals surface area (Å²) in [5.74, 6) is -0.406. The lowest BCUT2D eigenvalue weighted by atomic mass is 10.0. The normalized spacial score (nSPS) is 12.2. The van der Waals surface area contributed by atoms with Crippen molar-refractivity contribution in [2.45, 2.75) is 19.4 Å². The number of hydrogen-bond donors (Lipinski definition) is 2. The van der Waals surface area contributed by atoms with Gasteiger partial charge in [-0.2, -0.15) is 0 Å². The fourth-order valence-corrected chi connectivity index (χ4v) is 1.38. The highest BCUT2D eigenvalue weighted by Gasteiger charge is 2.15. The average molecular weight is 208 g/mol. The van der Waals surface area contributed by atoms with E-state index in [1.807, 2.05) is 25.1 Å². The van der Waals surface area contributed by atoms with Crippen LogP contribution in [0.4, 0.5) is 5.69 Å². The molecule has 4 heteroatoms. The Labute approximate surface area is 89.2 Å². The van der Waals surface area contributed by atoms with Gasteiger partial charge in [-0.05, 0) is 36.6 Å². The maximum Gasteiger partial charge on any atom is 0.322 e. The molecule has 0 aliphatic heterocycles. The van der Waals surface area contributed by atoms with Crippen LogP contribution >= 0.6 is 0 Å². The lowest BCUT2D eigenvalue weighted by Gasteiger charge is -2.11. The molecular formula is C11H16N2O2. The zero-order valence-corrected chi connectivity index (χ0v) is 8.99. The number of carbonyl (C=O) groups excluding carboxylic acids is 1. The molecule has 0 fully saturated rings. The van der Waals surface area contributed by atoms with Gasteiger partial charge in [0.25, 0.3) is 0 Å². The van der Waals surface area contributed by atoms with E-state index in [-0.39, 0.29) is 0 Å². The molecule has 4 N–H and O–H groups in total. The van der Waals surface area contributed by atoms with Crippen LogP contribution in [0.1, 0.15) is 11.1 Å². The first-order valence-electron chi connectivity index (χ1n) is 4.73. The smallest absolute Gasteiger partial charge is 0.322 e. The SMILES string of the molecule is COC(=O)[C@@H](N)Cc1cc(N)ccc1C. The van der Waals surface area contributed by atoms with Crippen molar-refractivity contribution in [3.63, 3.8) is 0 Å². The van der Waals surface area contributed by atoms with Gasteiger partial charge in [0.1, 0.15) is 6.04 Å². The minimum absolute atomic E-state index is 0.406. The predicted molar refractivity (Wildman–Crippen MR) is 59.3 cm³/mol. The molecule has 0 saturated carbocycles. The molecule has 0 aromatic heterocycles. The van der Waals surface area contributed by atoms with E-state index >= 15 is 0 Å². The Balaban J connectivity index is 2.80. The van der Waals surface area contributed by atoms with Crippen molar-refractivity contribution in [2.75, 3.05) is 12.8 Å². The van der Waals surface area contributed by atoms with E-state index in [9.17, 15) is 4.79 Å². The van der Waals surface area contributed by atoms with Crippen molar-refractivity contribution in [1.29, 1.82) is 0 Å². The highest BCUT2D eigenvalue weighted by Crippen LogP contribution is 2.14. The molecule has 0 saturated heterocycles. The number of benzene rings is 1. The number of aryl methyl sites for hydroxylation is 1. The number of nitrogen functional groups attached to an aromatic ring is 1. The number of esters is 1. The van der Waals surface area contributed by atoms with Crippen molar-refractivity contribution in [3.8, 4) is 0 Å². The van der Waals surface area contributed by atoms with Crippen LogP contribution in [0.3, 0.4) is 0 Å². The number of methoxy groups -OCH3 is 1. The molecule has 1 aromatic carbocycles. The molecule has 0 unspecified atom stereocenters. The molecule has 0 radical (unpaired) electrons. The summed E-state index contributed by atoms with van der Waals surface area (Å²) in [7, 11) is 1.33. The van der Waals surface area contributed by atoms with E-state index in [0.717, 1.165) is 11.1 Å². The van der Waals surface area contributed by atoms with Crippen molar-refractivity contribution < 1.29 is 9.53 Å². The quantitative estimate of drug-likeness (QED) is 0.564. The van der Waals surface area contributed by atoms with Crippen LogP contribution in [-0.4, -0.2) is 19.1 Å². The third-order valence-electron chi connectivity index (χ3n) is 2.32. The summed E-state index contributed by atoms with van der Waals surface area (Å²) >= 11 is 0. The Hall–Kier alpha value is -1.55. The molecule has 0 aliphatic carbocycles. The Morgan fingerprint density at radius 3 is 2.80 bits per heavy atom. The van der Waals surface area contributed by atoms with Crippen molar-refractivity contribution in [3.05, 3.63) is 29.3 Å².